The summed E-state index contributed by atoms with van der Waals surface area (Å²) in [5, 5.41) is 2.19. The van der Waals surface area contributed by atoms with Gasteiger partial charge in [-0.2, -0.15) is 0 Å². The Morgan fingerprint density at radius 1 is 1.33 bits per heavy atom. The Morgan fingerprint density at radius 2 is 2.07 bits per heavy atom. The Labute approximate surface area is 90.2 Å². The van der Waals surface area contributed by atoms with E-state index < -0.39 is 0 Å². The SMILES string of the molecule is Cc1ccc(C(C)NN2CCOCC2)o1. The third-order valence-corrected chi connectivity index (χ3v) is 2.58. The highest BCUT2D eigenvalue weighted by atomic mass is 16.5. The average molecular weight is 210 g/mol. The fourth-order valence-electron chi connectivity index (χ4n) is 1.72. The van der Waals surface area contributed by atoms with Crippen molar-refractivity contribution in [2.24, 2.45) is 0 Å². The molecule has 1 aliphatic heterocycles. The molecule has 84 valence electrons. The van der Waals surface area contributed by atoms with Crippen molar-refractivity contribution in [3.63, 3.8) is 0 Å². The summed E-state index contributed by atoms with van der Waals surface area (Å²) in [6.07, 6.45) is 0. The number of nitrogens with zero attached hydrogens (tertiary/aromatic N) is 1. The minimum atomic E-state index is 0.219. The standard InChI is InChI=1S/C11H18N2O2/c1-9-3-4-11(15-9)10(2)12-13-5-7-14-8-6-13/h3-4,10,12H,5-8H2,1-2H3. The van der Waals surface area contributed by atoms with Crippen LogP contribution in [0.15, 0.2) is 16.5 Å². The molecule has 1 aliphatic rings. The van der Waals surface area contributed by atoms with E-state index in [0.717, 1.165) is 37.8 Å². The van der Waals surface area contributed by atoms with E-state index in [1.165, 1.54) is 0 Å². The van der Waals surface area contributed by atoms with Gasteiger partial charge in [-0.05, 0) is 26.0 Å². The van der Waals surface area contributed by atoms with Gasteiger partial charge in [0, 0.05) is 13.1 Å². The molecule has 0 amide bonds. The Morgan fingerprint density at radius 3 is 2.67 bits per heavy atom. The summed E-state index contributed by atoms with van der Waals surface area (Å²) < 4.78 is 10.9. The fourth-order valence-corrected chi connectivity index (χ4v) is 1.72. The Balaban J connectivity index is 1.88. The lowest BCUT2D eigenvalue weighted by molar-refractivity contribution is 0.00314. The van der Waals surface area contributed by atoms with Crippen molar-refractivity contribution < 1.29 is 9.15 Å². The zero-order valence-corrected chi connectivity index (χ0v) is 9.32. The highest BCUT2D eigenvalue weighted by Gasteiger charge is 2.15. The summed E-state index contributed by atoms with van der Waals surface area (Å²) >= 11 is 0. The fraction of sp³-hybridized carbons (Fsp3) is 0.636. The molecule has 0 aliphatic carbocycles. The highest BCUT2D eigenvalue weighted by molar-refractivity contribution is 5.08. The van der Waals surface area contributed by atoms with Crippen molar-refractivity contribution in [3.8, 4) is 0 Å². The molecule has 1 aromatic heterocycles. The topological polar surface area (TPSA) is 37.6 Å². The molecule has 4 nitrogen and oxygen atoms in total. The zero-order valence-electron chi connectivity index (χ0n) is 9.32. The lowest BCUT2D eigenvalue weighted by Gasteiger charge is -2.29. The van der Waals surface area contributed by atoms with Gasteiger partial charge in [0.25, 0.3) is 0 Å². The molecule has 0 saturated carbocycles. The Kier molecular flexibility index (Phi) is 3.41. The molecule has 1 atom stereocenters. The minimum absolute atomic E-state index is 0.219. The molecular weight excluding hydrogens is 192 g/mol. The second-order valence-corrected chi connectivity index (χ2v) is 3.90. The van der Waals surface area contributed by atoms with Crippen LogP contribution in [0.4, 0.5) is 0 Å². The highest BCUT2D eigenvalue weighted by Crippen LogP contribution is 2.16. The van der Waals surface area contributed by atoms with Crippen LogP contribution in [0.3, 0.4) is 0 Å². The quantitative estimate of drug-likeness (QED) is 0.820. The van der Waals surface area contributed by atoms with Gasteiger partial charge in [0.15, 0.2) is 0 Å². The third-order valence-electron chi connectivity index (χ3n) is 2.58. The van der Waals surface area contributed by atoms with Gasteiger partial charge in [0.2, 0.25) is 0 Å². The summed E-state index contributed by atoms with van der Waals surface area (Å²) in [7, 11) is 0. The first kappa shape index (κ1) is 10.7. The normalized spacial score (nSPS) is 20.4. The Bertz CT molecular complexity index is 305. The molecule has 1 fully saturated rings. The number of furan rings is 1. The van der Waals surface area contributed by atoms with E-state index in [2.05, 4.69) is 17.4 Å². The summed E-state index contributed by atoms with van der Waals surface area (Å²) in [6, 6.07) is 4.23. The number of aryl methyl sites for hydroxylation is 1. The van der Waals surface area contributed by atoms with Gasteiger partial charge in [0.1, 0.15) is 11.5 Å². The first-order valence-electron chi connectivity index (χ1n) is 5.41. The number of hydrogen-bond donors (Lipinski definition) is 1. The molecular formula is C11H18N2O2. The van der Waals surface area contributed by atoms with Crippen molar-refractivity contribution in [3.05, 3.63) is 23.7 Å². The van der Waals surface area contributed by atoms with E-state index in [0.29, 0.717) is 0 Å². The van der Waals surface area contributed by atoms with Crippen molar-refractivity contribution in [1.29, 1.82) is 0 Å². The van der Waals surface area contributed by atoms with E-state index in [1.807, 2.05) is 19.1 Å². The predicted octanol–water partition coefficient (Wildman–Crippen LogP) is 1.49. The summed E-state index contributed by atoms with van der Waals surface area (Å²) in [5.74, 6) is 1.94. The molecule has 0 bridgehead atoms. The van der Waals surface area contributed by atoms with Crippen LogP contribution in [0, 0.1) is 6.92 Å². The van der Waals surface area contributed by atoms with Crippen LogP contribution < -0.4 is 5.43 Å². The maximum Gasteiger partial charge on any atom is 0.122 e. The van der Waals surface area contributed by atoms with Crippen molar-refractivity contribution in [1.82, 2.24) is 10.4 Å². The van der Waals surface area contributed by atoms with Gasteiger partial charge in [-0.3, -0.25) is 0 Å². The Hall–Kier alpha value is -0.840. The van der Waals surface area contributed by atoms with Crippen LogP contribution in [0.5, 0.6) is 0 Å². The molecule has 0 aromatic carbocycles. The smallest absolute Gasteiger partial charge is 0.122 e. The molecule has 2 rings (SSSR count). The number of hydrogen-bond acceptors (Lipinski definition) is 4. The molecule has 0 spiro atoms. The van der Waals surface area contributed by atoms with Crippen molar-refractivity contribution >= 4 is 0 Å². The molecule has 1 N–H and O–H groups in total. The molecule has 1 saturated heterocycles. The number of rotatable bonds is 3. The molecule has 1 aromatic rings. The average Bonchev–Trinajstić information content (AvgIpc) is 2.66. The van der Waals surface area contributed by atoms with Gasteiger partial charge in [-0.25, -0.2) is 10.4 Å². The lowest BCUT2D eigenvalue weighted by atomic mass is 10.3. The summed E-state index contributed by atoms with van der Waals surface area (Å²) in [4.78, 5) is 0. The second-order valence-electron chi connectivity index (χ2n) is 3.90. The van der Waals surface area contributed by atoms with Gasteiger partial charge in [-0.1, -0.05) is 0 Å². The van der Waals surface area contributed by atoms with E-state index in [9.17, 15) is 0 Å². The second kappa shape index (κ2) is 4.79. The number of ether oxygens (including phenoxy) is 1. The third kappa shape index (κ3) is 2.81. The van der Waals surface area contributed by atoms with Crippen LogP contribution in [0.1, 0.15) is 24.5 Å². The minimum Gasteiger partial charge on any atom is -0.465 e. The maximum atomic E-state index is 5.57. The van der Waals surface area contributed by atoms with Crippen LogP contribution in [-0.2, 0) is 4.74 Å². The van der Waals surface area contributed by atoms with Crippen LogP contribution in [-0.4, -0.2) is 31.3 Å². The van der Waals surface area contributed by atoms with Crippen LogP contribution in [0.2, 0.25) is 0 Å². The van der Waals surface area contributed by atoms with E-state index in [1.54, 1.807) is 0 Å². The maximum absolute atomic E-state index is 5.57. The molecule has 15 heavy (non-hydrogen) atoms. The summed E-state index contributed by atoms with van der Waals surface area (Å²) in [5.41, 5.74) is 3.41. The zero-order chi connectivity index (χ0) is 10.7. The molecule has 0 radical (unpaired) electrons. The van der Waals surface area contributed by atoms with Crippen molar-refractivity contribution in [2.75, 3.05) is 26.3 Å². The monoisotopic (exact) mass is 210 g/mol. The lowest BCUT2D eigenvalue weighted by Crippen LogP contribution is -2.46. The first-order chi connectivity index (χ1) is 7.25. The molecule has 2 heterocycles. The van der Waals surface area contributed by atoms with Crippen LogP contribution >= 0.6 is 0 Å². The predicted molar refractivity (Wildman–Crippen MR) is 57.4 cm³/mol. The van der Waals surface area contributed by atoms with Gasteiger partial charge >= 0.3 is 0 Å². The number of hydrazine groups is 1. The number of morpholine rings is 1. The van der Waals surface area contributed by atoms with Crippen LogP contribution in [0.25, 0.3) is 0 Å². The number of nitrogens with one attached hydrogen (secondary N) is 1. The first-order valence-corrected chi connectivity index (χ1v) is 5.41. The summed E-state index contributed by atoms with van der Waals surface area (Å²) in [6.45, 7) is 7.54. The van der Waals surface area contributed by atoms with E-state index in [-0.39, 0.29) is 6.04 Å². The molecule has 1 unspecified atom stereocenters. The van der Waals surface area contributed by atoms with Crippen molar-refractivity contribution in [2.45, 2.75) is 19.9 Å². The largest absolute Gasteiger partial charge is 0.465 e. The van der Waals surface area contributed by atoms with E-state index in [4.69, 9.17) is 9.15 Å². The van der Waals surface area contributed by atoms with Gasteiger partial charge < -0.3 is 9.15 Å². The molecule has 4 heteroatoms. The van der Waals surface area contributed by atoms with E-state index >= 15 is 0 Å². The van der Waals surface area contributed by atoms with Gasteiger partial charge in [0.05, 0.1) is 19.3 Å². The van der Waals surface area contributed by atoms with Gasteiger partial charge in [-0.15, -0.1) is 0 Å².